The topological polar surface area (TPSA) is 58.6 Å². The zero-order valence-electron chi connectivity index (χ0n) is 12.6. The summed E-state index contributed by atoms with van der Waals surface area (Å²) in [7, 11) is 0. The van der Waals surface area contributed by atoms with Crippen molar-refractivity contribution in [2.24, 2.45) is 11.3 Å². The van der Waals surface area contributed by atoms with E-state index in [1.165, 1.54) is 0 Å². The molecule has 1 saturated heterocycles. The number of aliphatic hydroxyl groups excluding tert-OH is 1. The second kappa shape index (κ2) is 7.85. The molecule has 0 aromatic heterocycles. The minimum Gasteiger partial charge on any atom is -0.396 e. The second-order valence-electron chi connectivity index (χ2n) is 6.36. The fourth-order valence-corrected chi connectivity index (χ4v) is 2.50. The van der Waals surface area contributed by atoms with E-state index in [2.05, 4.69) is 26.1 Å². The van der Waals surface area contributed by atoms with Gasteiger partial charge in [-0.25, -0.2) is 0 Å². The summed E-state index contributed by atoms with van der Waals surface area (Å²) in [5.74, 6) is 0.241. The van der Waals surface area contributed by atoms with Crippen LogP contribution in [0.1, 0.15) is 52.9 Å². The van der Waals surface area contributed by atoms with Crippen molar-refractivity contribution in [1.82, 2.24) is 5.32 Å². The lowest BCUT2D eigenvalue weighted by atomic mass is 9.88. The Balaban J connectivity index is 2.36. The first-order chi connectivity index (χ1) is 8.98. The summed E-state index contributed by atoms with van der Waals surface area (Å²) in [5.41, 5.74) is -0.0433. The lowest BCUT2D eigenvalue weighted by Crippen LogP contribution is -2.41. The van der Waals surface area contributed by atoms with E-state index in [1.54, 1.807) is 0 Å². The van der Waals surface area contributed by atoms with Crippen LogP contribution < -0.4 is 5.32 Å². The number of nitrogens with one attached hydrogen (secondary N) is 1. The van der Waals surface area contributed by atoms with E-state index in [4.69, 9.17) is 9.84 Å². The lowest BCUT2D eigenvalue weighted by molar-refractivity contribution is -0.130. The second-order valence-corrected chi connectivity index (χ2v) is 6.36. The normalized spacial score (nSPS) is 24.2. The number of aliphatic hydroxyl groups is 1. The molecular weight excluding hydrogens is 242 g/mol. The maximum Gasteiger partial charge on any atom is 0.223 e. The summed E-state index contributed by atoms with van der Waals surface area (Å²) in [6.07, 6.45) is 4.77. The summed E-state index contributed by atoms with van der Waals surface area (Å²) in [4.78, 5) is 12.2. The molecule has 4 nitrogen and oxygen atoms in total. The zero-order valence-corrected chi connectivity index (χ0v) is 12.6. The number of hydrogen-bond donors (Lipinski definition) is 2. The van der Waals surface area contributed by atoms with Gasteiger partial charge in [0.15, 0.2) is 0 Å². The van der Waals surface area contributed by atoms with Crippen LogP contribution >= 0.6 is 0 Å². The highest BCUT2D eigenvalue weighted by Crippen LogP contribution is 2.24. The smallest absolute Gasteiger partial charge is 0.223 e. The van der Waals surface area contributed by atoms with Gasteiger partial charge in [-0.3, -0.25) is 4.79 Å². The lowest BCUT2D eigenvalue weighted by Gasteiger charge is -2.30. The highest BCUT2D eigenvalue weighted by atomic mass is 16.5. The predicted molar refractivity (Wildman–Crippen MR) is 75.9 cm³/mol. The molecule has 0 bridgehead atoms. The van der Waals surface area contributed by atoms with Gasteiger partial charge in [-0.2, -0.15) is 0 Å². The first-order valence-corrected chi connectivity index (χ1v) is 7.48. The number of carbonyl (C=O) groups excluding carboxylic acids is 1. The first kappa shape index (κ1) is 16.4. The molecule has 2 atom stereocenters. The van der Waals surface area contributed by atoms with Crippen molar-refractivity contribution >= 4 is 5.91 Å². The molecule has 1 aliphatic rings. The molecule has 1 rings (SSSR count). The van der Waals surface area contributed by atoms with Crippen LogP contribution in [-0.2, 0) is 9.53 Å². The Kier molecular flexibility index (Phi) is 6.80. The van der Waals surface area contributed by atoms with Crippen LogP contribution in [0.25, 0.3) is 0 Å². The summed E-state index contributed by atoms with van der Waals surface area (Å²) in [6.45, 7) is 7.76. The molecule has 0 aliphatic carbocycles. The quantitative estimate of drug-likeness (QED) is 0.745. The van der Waals surface area contributed by atoms with E-state index >= 15 is 0 Å². The molecule has 112 valence electrons. The largest absolute Gasteiger partial charge is 0.396 e. The van der Waals surface area contributed by atoms with Gasteiger partial charge in [0.05, 0.1) is 6.10 Å². The van der Waals surface area contributed by atoms with E-state index in [-0.39, 0.29) is 30.0 Å². The average molecular weight is 271 g/mol. The van der Waals surface area contributed by atoms with Crippen molar-refractivity contribution in [1.29, 1.82) is 0 Å². The van der Waals surface area contributed by atoms with E-state index in [0.29, 0.717) is 19.6 Å². The van der Waals surface area contributed by atoms with Gasteiger partial charge in [-0.1, -0.05) is 27.2 Å². The van der Waals surface area contributed by atoms with Crippen LogP contribution in [0.15, 0.2) is 0 Å². The third-order valence-corrected chi connectivity index (χ3v) is 3.88. The van der Waals surface area contributed by atoms with Crippen molar-refractivity contribution in [3.63, 3.8) is 0 Å². The molecular formula is C15H29NO3. The number of carbonyl (C=O) groups is 1. The van der Waals surface area contributed by atoms with Crippen molar-refractivity contribution < 1.29 is 14.6 Å². The SMILES string of the molecule is CCCC1CC(C(=O)NCC(C)(C)CCO)CCO1. The van der Waals surface area contributed by atoms with Crippen LogP contribution in [-0.4, -0.2) is 36.9 Å². The zero-order chi connectivity index (χ0) is 14.3. The summed E-state index contributed by atoms with van der Waals surface area (Å²) in [6, 6.07) is 0. The highest BCUT2D eigenvalue weighted by Gasteiger charge is 2.28. The molecule has 4 heteroatoms. The molecule has 19 heavy (non-hydrogen) atoms. The molecule has 0 saturated carbocycles. The van der Waals surface area contributed by atoms with E-state index in [9.17, 15) is 4.79 Å². The number of amides is 1. The monoisotopic (exact) mass is 271 g/mol. The van der Waals surface area contributed by atoms with E-state index in [1.807, 2.05) is 0 Å². The summed E-state index contributed by atoms with van der Waals surface area (Å²) < 4.78 is 5.67. The molecule has 2 N–H and O–H groups in total. The Bertz CT molecular complexity index is 277. The fraction of sp³-hybridized carbons (Fsp3) is 0.933. The number of ether oxygens (including phenoxy) is 1. The molecule has 0 radical (unpaired) electrons. The van der Waals surface area contributed by atoms with Crippen LogP contribution in [0.5, 0.6) is 0 Å². The van der Waals surface area contributed by atoms with Gasteiger partial charge in [-0.15, -0.1) is 0 Å². The first-order valence-electron chi connectivity index (χ1n) is 7.48. The predicted octanol–water partition coefficient (Wildman–Crippen LogP) is 2.11. The average Bonchev–Trinajstić information content (AvgIpc) is 2.37. The van der Waals surface area contributed by atoms with Gasteiger partial charge >= 0.3 is 0 Å². The summed E-state index contributed by atoms with van der Waals surface area (Å²) in [5, 5.41) is 12.0. The third-order valence-electron chi connectivity index (χ3n) is 3.88. The maximum atomic E-state index is 12.2. The number of hydrogen-bond acceptors (Lipinski definition) is 3. The Hall–Kier alpha value is -0.610. The van der Waals surface area contributed by atoms with Crippen molar-refractivity contribution in [2.75, 3.05) is 19.8 Å². The Morgan fingerprint density at radius 2 is 2.21 bits per heavy atom. The van der Waals surface area contributed by atoms with Gasteiger partial charge in [0.25, 0.3) is 0 Å². The van der Waals surface area contributed by atoms with Crippen molar-refractivity contribution in [3.05, 3.63) is 0 Å². The van der Waals surface area contributed by atoms with Crippen molar-refractivity contribution in [2.45, 2.75) is 59.0 Å². The number of rotatable bonds is 7. The van der Waals surface area contributed by atoms with Gasteiger partial charge in [-0.05, 0) is 31.1 Å². The third kappa shape index (κ3) is 5.91. The Labute approximate surface area is 116 Å². The molecule has 1 aliphatic heterocycles. The van der Waals surface area contributed by atoms with Crippen LogP contribution in [0.2, 0.25) is 0 Å². The van der Waals surface area contributed by atoms with Crippen LogP contribution in [0.4, 0.5) is 0 Å². The highest BCUT2D eigenvalue weighted by molar-refractivity contribution is 5.78. The molecule has 2 unspecified atom stereocenters. The minimum atomic E-state index is -0.0433. The van der Waals surface area contributed by atoms with E-state index in [0.717, 1.165) is 25.7 Å². The van der Waals surface area contributed by atoms with Gasteiger partial charge in [0, 0.05) is 25.7 Å². The molecule has 0 spiro atoms. The molecule has 1 heterocycles. The maximum absolute atomic E-state index is 12.2. The molecule has 0 aromatic carbocycles. The van der Waals surface area contributed by atoms with Crippen molar-refractivity contribution in [3.8, 4) is 0 Å². The molecule has 1 fully saturated rings. The van der Waals surface area contributed by atoms with Crippen LogP contribution in [0.3, 0.4) is 0 Å². The standard InChI is InChI=1S/C15H29NO3/c1-4-5-13-10-12(6-9-19-13)14(18)16-11-15(2,3)7-8-17/h12-13,17H,4-11H2,1-3H3,(H,16,18). The van der Waals surface area contributed by atoms with Gasteiger partial charge in [0.1, 0.15) is 0 Å². The Morgan fingerprint density at radius 3 is 2.84 bits per heavy atom. The van der Waals surface area contributed by atoms with E-state index < -0.39 is 0 Å². The van der Waals surface area contributed by atoms with Crippen LogP contribution in [0, 0.1) is 11.3 Å². The molecule has 1 amide bonds. The minimum absolute atomic E-state index is 0.0433. The molecule has 0 aromatic rings. The van der Waals surface area contributed by atoms with Gasteiger partial charge in [0.2, 0.25) is 5.91 Å². The summed E-state index contributed by atoms with van der Waals surface area (Å²) >= 11 is 0. The fourth-order valence-electron chi connectivity index (χ4n) is 2.50. The Morgan fingerprint density at radius 1 is 1.47 bits per heavy atom. The van der Waals surface area contributed by atoms with Gasteiger partial charge < -0.3 is 15.2 Å².